The second-order valence-electron chi connectivity index (χ2n) is 1.12. The summed E-state index contributed by atoms with van der Waals surface area (Å²) >= 11 is 0. The summed E-state index contributed by atoms with van der Waals surface area (Å²) < 4.78 is 2.60. The van der Waals surface area contributed by atoms with Crippen molar-refractivity contribution in [3.8, 4) is 0 Å². The van der Waals surface area contributed by atoms with Crippen LogP contribution in [0, 0.1) is 0 Å². The minimum absolute atomic E-state index is 0.264. The summed E-state index contributed by atoms with van der Waals surface area (Å²) in [6.07, 6.45) is 0. The molecular weight excluding hydrogens is 146 g/mol. The Hall–Kier alpha value is -0.290. The van der Waals surface area contributed by atoms with E-state index in [0.717, 1.165) is 0 Å². The van der Waals surface area contributed by atoms with Gasteiger partial charge in [0, 0.05) is 16.4 Å². The maximum absolute atomic E-state index is 10.0. The van der Waals surface area contributed by atoms with Gasteiger partial charge in [0.25, 0.3) is 0 Å². The third kappa shape index (κ3) is 1.10. The van der Waals surface area contributed by atoms with Crippen LogP contribution in [0.1, 0.15) is 0 Å². The van der Waals surface area contributed by atoms with E-state index in [1.807, 2.05) is 0 Å². The van der Waals surface area contributed by atoms with Gasteiger partial charge in [-0.1, -0.05) is 0 Å². The largest absolute Gasteiger partial charge is 0.477 e. The average Bonchev–Trinajstić information content (AvgIpc) is 2.12. The number of carboxylic acid groups (broad SMARTS) is 1. The second kappa shape index (κ2) is 2.32. The summed E-state index contributed by atoms with van der Waals surface area (Å²) in [7, 11) is 2.68. The molecule has 0 saturated carbocycles. The fourth-order valence-corrected chi connectivity index (χ4v) is 1.77. The van der Waals surface area contributed by atoms with Crippen molar-refractivity contribution in [2.45, 2.75) is 0 Å². The number of rotatable bonds is 1. The molecule has 0 radical (unpaired) electrons. The van der Waals surface area contributed by atoms with Gasteiger partial charge < -0.3 is 9.83 Å². The molecule has 2 N–H and O–H groups in total. The average molecular weight is 149 g/mol. The Morgan fingerprint density at radius 2 is 2.62 bits per heavy atom. The lowest BCUT2D eigenvalue weighted by atomic mass is 10.5. The van der Waals surface area contributed by atoms with Crippen molar-refractivity contribution in [2.75, 3.05) is 0 Å². The monoisotopic (exact) mass is 149 g/mol. The van der Waals surface area contributed by atoms with Crippen LogP contribution in [-0.4, -0.2) is 11.1 Å². The minimum atomic E-state index is -0.900. The minimum Gasteiger partial charge on any atom is -0.477 e. The molecule has 0 aromatic rings. The van der Waals surface area contributed by atoms with Gasteiger partial charge in [-0.2, -0.15) is 0 Å². The van der Waals surface area contributed by atoms with E-state index in [9.17, 15) is 4.79 Å². The molecule has 0 aromatic heterocycles. The van der Waals surface area contributed by atoms with Gasteiger partial charge >= 0.3 is 5.97 Å². The van der Waals surface area contributed by atoms with Gasteiger partial charge in [0.1, 0.15) is 5.70 Å². The van der Waals surface area contributed by atoms with Crippen molar-refractivity contribution in [1.82, 2.24) is 4.72 Å². The summed E-state index contributed by atoms with van der Waals surface area (Å²) in [6.45, 7) is 0. The highest BCUT2D eigenvalue weighted by Crippen LogP contribution is 2.27. The SMILES string of the molecule is O=C(O)C1=CSSN1. The van der Waals surface area contributed by atoms with Crippen LogP contribution in [0.5, 0.6) is 0 Å². The summed E-state index contributed by atoms with van der Waals surface area (Å²) in [5, 5.41) is 9.82. The third-order valence-electron chi connectivity index (χ3n) is 0.596. The van der Waals surface area contributed by atoms with Crippen molar-refractivity contribution in [2.24, 2.45) is 0 Å². The zero-order valence-corrected chi connectivity index (χ0v) is 5.38. The van der Waals surface area contributed by atoms with E-state index in [0.29, 0.717) is 0 Å². The van der Waals surface area contributed by atoms with Gasteiger partial charge in [-0.05, 0) is 10.8 Å². The summed E-state index contributed by atoms with van der Waals surface area (Å²) in [5.74, 6) is -0.900. The Morgan fingerprint density at radius 3 is 2.88 bits per heavy atom. The lowest BCUT2D eigenvalue weighted by Gasteiger charge is -1.90. The molecule has 1 heterocycles. The van der Waals surface area contributed by atoms with Gasteiger partial charge in [0.15, 0.2) is 0 Å². The molecule has 0 amide bonds. The van der Waals surface area contributed by atoms with Gasteiger partial charge in [0.2, 0.25) is 0 Å². The van der Waals surface area contributed by atoms with Gasteiger partial charge in [-0.3, -0.25) is 0 Å². The maximum atomic E-state index is 10.0. The fourth-order valence-electron chi connectivity index (χ4n) is 0.259. The summed E-state index contributed by atoms with van der Waals surface area (Å²) in [4.78, 5) is 10.0. The summed E-state index contributed by atoms with van der Waals surface area (Å²) in [6, 6.07) is 0. The quantitative estimate of drug-likeness (QED) is 0.427. The number of nitrogens with one attached hydrogen (secondary N) is 1. The van der Waals surface area contributed by atoms with Crippen molar-refractivity contribution in [3.05, 3.63) is 11.1 Å². The molecule has 0 aliphatic carbocycles. The van der Waals surface area contributed by atoms with Crippen LogP contribution in [-0.2, 0) is 4.79 Å². The molecule has 0 saturated heterocycles. The zero-order valence-electron chi connectivity index (χ0n) is 3.75. The molecule has 8 heavy (non-hydrogen) atoms. The van der Waals surface area contributed by atoms with Crippen LogP contribution in [0.2, 0.25) is 0 Å². The van der Waals surface area contributed by atoms with Crippen molar-refractivity contribution < 1.29 is 9.90 Å². The Labute approximate surface area is 54.1 Å². The number of aliphatic carboxylic acids is 1. The molecular formula is C3H3NO2S2. The molecule has 1 rings (SSSR count). The maximum Gasteiger partial charge on any atom is 0.353 e. The van der Waals surface area contributed by atoms with E-state index in [4.69, 9.17) is 5.11 Å². The first-order chi connectivity index (χ1) is 3.80. The van der Waals surface area contributed by atoms with Crippen molar-refractivity contribution in [1.29, 1.82) is 0 Å². The highest BCUT2D eigenvalue weighted by Gasteiger charge is 2.10. The van der Waals surface area contributed by atoms with Crippen LogP contribution in [0.4, 0.5) is 0 Å². The fraction of sp³-hybridized carbons (Fsp3) is 0. The highest BCUT2D eigenvalue weighted by atomic mass is 33.1. The second-order valence-corrected chi connectivity index (χ2v) is 2.99. The molecule has 0 atom stereocenters. The number of carbonyl (C=O) groups is 1. The standard InChI is InChI=1S/C3H3NO2S2/c5-3(6)2-1-7-8-4-2/h1,4H,(H,5,6). The Balaban J connectivity index is 2.57. The lowest BCUT2D eigenvalue weighted by Crippen LogP contribution is -2.08. The molecule has 44 valence electrons. The first-order valence-corrected chi connectivity index (χ1v) is 4.04. The predicted octanol–water partition coefficient (Wildman–Crippen LogP) is 0.812. The van der Waals surface area contributed by atoms with Gasteiger partial charge in [0.05, 0.1) is 0 Å². The molecule has 0 aromatic carbocycles. The van der Waals surface area contributed by atoms with Crippen LogP contribution in [0.25, 0.3) is 0 Å². The molecule has 0 bridgehead atoms. The number of carboxylic acids is 1. The topological polar surface area (TPSA) is 49.3 Å². The zero-order chi connectivity index (χ0) is 5.98. The first kappa shape index (κ1) is 5.84. The van der Waals surface area contributed by atoms with Crippen molar-refractivity contribution >= 4 is 27.7 Å². The Morgan fingerprint density at radius 1 is 1.88 bits per heavy atom. The lowest BCUT2D eigenvalue weighted by molar-refractivity contribution is -0.132. The molecule has 0 spiro atoms. The first-order valence-electron chi connectivity index (χ1n) is 1.82. The molecule has 0 fully saturated rings. The van der Waals surface area contributed by atoms with Gasteiger partial charge in [-0.15, -0.1) is 0 Å². The number of hydrogen-bond donors (Lipinski definition) is 2. The van der Waals surface area contributed by atoms with E-state index in [2.05, 4.69) is 4.72 Å². The van der Waals surface area contributed by atoms with Crippen molar-refractivity contribution in [3.63, 3.8) is 0 Å². The van der Waals surface area contributed by atoms with E-state index in [-0.39, 0.29) is 5.70 Å². The third-order valence-corrected chi connectivity index (χ3v) is 2.15. The van der Waals surface area contributed by atoms with E-state index < -0.39 is 5.97 Å². The number of hydrogen-bond acceptors (Lipinski definition) is 4. The summed E-state index contributed by atoms with van der Waals surface area (Å²) in [5.41, 5.74) is 0.264. The Bertz CT molecular complexity index is 144. The van der Waals surface area contributed by atoms with Crippen LogP contribution in [0.15, 0.2) is 11.1 Å². The predicted molar refractivity (Wildman–Crippen MR) is 34.0 cm³/mol. The molecule has 5 heteroatoms. The van der Waals surface area contributed by atoms with Gasteiger partial charge in [-0.25, -0.2) is 4.79 Å². The van der Waals surface area contributed by atoms with E-state index >= 15 is 0 Å². The molecule has 0 unspecified atom stereocenters. The molecule has 1 aliphatic heterocycles. The normalized spacial score (nSPS) is 17.2. The Kier molecular flexibility index (Phi) is 1.69. The van der Waals surface area contributed by atoms with E-state index in [1.165, 1.54) is 21.8 Å². The van der Waals surface area contributed by atoms with Crippen LogP contribution < -0.4 is 4.72 Å². The van der Waals surface area contributed by atoms with Crippen LogP contribution >= 0.6 is 21.8 Å². The smallest absolute Gasteiger partial charge is 0.353 e. The molecule has 1 aliphatic rings. The van der Waals surface area contributed by atoms with E-state index in [1.54, 1.807) is 5.41 Å². The highest BCUT2D eigenvalue weighted by molar-refractivity contribution is 8.77. The van der Waals surface area contributed by atoms with Crippen LogP contribution in [0.3, 0.4) is 0 Å². The molecule has 3 nitrogen and oxygen atoms in total.